The Bertz CT molecular complexity index is 788. The topological polar surface area (TPSA) is 67.4 Å². The van der Waals surface area contributed by atoms with Crippen molar-refractivity contribution in [3.8, 4) is 0 Å². The number of hydrogen-bond donors (Lipinski definition) is 0. The maximum Gasteiger partial charge on any atom is 0.290 e. The molecule has 0 aliphatic carbocycles. The predicted octanol–water partition coefficient (Wildman–Crippen LogP) is 2.63. The van der Waals surface area contributed by atoms with E-state index in [2.05, 4.69) is 33.5 Å². The molecule has 1 amide bonds. The van der Waals surface area contributed by atoms with Crippen LogP contribution in [-0.2, 0) is 13.1 Å². The first-order chi connectivity index (χ1) is 12.5. The summed E-state index contributed by atoms with van der Waals surface area (Å²) in [6.07, 6.45) is 2.47. The minimum Gasteiger partial charge on any atom is -0.455 e. The first-order valence-corrected chi connectivity index (χ1v) is 9.52. The highest BCUT2D eigenvalue weighted by atomic mass is 16.4. The summed E-state index contributed by atoms with van der Waals surface area (Å²) in [5.41, 5.74) is 0. The van der Waals surface area contributed by atoms with Gasteiger partial charge in [0.05, 0.1) is 19.1 Å². The quantitative estimate of drug-likeness (QED) is 0.845. The number of carbonyl (C=O) groups excluding carboxylic acids is 1. The second-order valence-electron chi connectivity index (χ2n) is 7.79. The van der Waals surface area contributed by atoms with Crippen molar-refractivity contribution in [3.63, 3.8) is 0 Å². The normalized spacial score (nSPS) is 21.8. The van der Waals surface area contributed by atoms with Crippen LogP contribution in [0.3, 0.4) is 0 Å². The molecule has 140 valence electrons. The summed E-state index contributed by atoms with van der Waals surface area (Å²) in [7, 11) is 0. The van der Waals surface area contributed by atoms with Crippen LogP contribution in [0, 0.1) is 12.8 Å². The van der Waals surface area contributed by atoms with Crippen LogP contribution in [0.1, 0.15) is 60.7 Å². The molecular formula is C19H27N5O2. The number of hydrogen-bond acceptors (Lipinski definition) is 5. The minimum atomic E-state index is -0.0673. The zero-order valence-corrected chi connectivity index (χ0v) is 15.8. The maximum absolute atomic E-state index is 12.9. The highest BCUT2D eigenvalue weighted by Crippen LogP contribution is 2.24. The van der Waals surface area contributed by atoms with Gasteiger partial charge < -0.3 is 13.9 Å². The molecule has 26 heavy (non-hydrogen) atoms. The number of likely N-dealkylation sites (tertiary alicyclic amines) is 1. The van der Waals surface area contributed by atoms with Crippen LogP contribution in [0.25, 0.3) is 0 Å². The Labute approximate surface area is 154 Å². The van der Waals surface area contributed by atoms with Crippen molar-refractivity contribution in [1.82, 2.24) is 24.6 Å². The Balaban J connectivity index is 1.42. The number of rotatable bonds is 3. The molecule has 1 atom stereocenters. The third-order valence-electron chi connectivity index (χ3n) is 5.61. The molecule has 0 unspecified atom stereocenters. The van der Waals surface area contributed by atoms with Crippen molar-refractivity contribution in [3.05, 3.63) is 35.3 Å². The van der Waals surface area contributed by atoms with Crippen molar-refractivity contribution < 1.29 is 9.21 Å². The minimum absolute atomic E-state index is 0.0673. The molecule has 0 aromatic carbocycles. The molecule has 2 aliphatic heterocycles. The van der Waals surface area contributed by atoms with Gasteiger partial charge in [-0.15, -0.1) is 10.2 Å². The molecule has 0 saturated carbocycles. The van der Waals surface area contributed by atoms with E-state index < -0.39 is 0 Å². The molecule has 0 spiro atoms. The lowest BCUT2D eigenvalue weighted by Gasteiger charge is -2.31. The number of nitrogens with zero attached hydrogens (tertiary/aromatic N) is 5. The predicted molar refractivity (Wildman–Crippen MR) is 96.6 cm³/mol. The van der Waals surface area contributed by atoms with Crippen LogP contribution in [0.15, 0.2) is 16.5 Å². The van der Waals surface area contributed by atoms with E-state index in [9.17, 15) is 4.79 Å². The Hall–Kier alpha value is -2.15. The SMILES string of the molecule is Cc1nnc2n1[C@@H](C)CN(C(=O)c1ccc(CN3CCC(C)CC3)o1)C2. The van der Waals surface area contributed by atoms with Crippen molar-refractivity contribution in [2.45, 2.75) is 52.7 Å². The molecule has 7 nitrogen and oxygen atoms in total. The Kier molecular flexibility index (Phi) is 4.56. The standard InChI is InChI=1S/C19H27N5O2/c1-13-6-8-22(9-7-13)11-16-4-5-17(26-16)19(25)23-10-14(2)24-15(3)20-21-18(24)12-23/h4-5,13-14H,6-12H2,1-3H3/t14-/m0/s1. The monoisotopic (exact) mass is 357 g/mol. The van der Waals surface area contributed by atoms with E-state index in [0.717, 1.165) is 43.0 Å². The van der Waals surface area contributed by atoms with E-state index in [1.54, 1.807) is 11.0 Å². The summed E-state index contributed by atoms with van der Waals surface area (Å²) in [4.78, 5) is 17.1. The number of aryl methyl sites for hydroxylation is 1. The Morgan fingerprint density at radius 1 is 1.23 bits per heavy atom. The van der Waals surface area contributed by atoms with Crippen LogP contribution in [-0.4, -0.2) is 50.1 Å². The van der Waals surface area contributed by atoms with Gasteiger partial charge in [-0.1, -0.05) is 6.92 Å². The molecule has 2 aliphatic rings. The summed E-state index contributed by atoms with van der Waals surface area (Å²) < 4.78 is 7.99. The molecule has 1 fully saturated rings. The molecule has 0 bridgehead atoms. The van der Waals surface area contributed by atoms with Crippen LogP contribution in [0.5, 0.6) is 0 Å². The molecule has 1 saturated heterocycles. The molecule has 7 heteroatoms. The zero-order chi connectivity index (χ0) is 18.3. The molecule has 4 rings (SSSR count). The Morgan fingerprint density at radius 2 is 2.00 bits per heavy atom. The highest BCUT2D eigenvalue weighted by molar-refractivity contribution is 5.91. The zero-order valence-electron chi connectivity index (χ0n) is 15.8. The van der Waals surface area contributed by atoms with Gasteiger partial charge in [-0.25, -0.2) is 0 Å². The van der Waals surface area contributed by atoms with Crippen LogP contribution >= 0.6 is 0 Å². The smallest absolute Gasteiger partial charge is 0.290 e. The lowest BCUT2D eigenvalue weighted by molar-refractivity contribution is 0.0643. The second kappa shape index (κ2) is 6.87. The second-order valence-corrected chi connectivity index (χ2v) is 7.79. The van der Waals surface area contributed by atoms with E-state index >= 15 is 0 Å². The summed E-state index contributed by atoms with van der Waals surface area (Å²) >= 11 is 0. The average Bonchev–Trinajstić information content (AvgIpc) is 3.23. The largest absolute Gasteiger partial charge is 0.455 e. The fourth-order valence-electron chi connectivity index (χ4n) is 4.06. The van der Waals surface area contributed by atoms with E-state index in [-0.39, 0.29) is 11.9 Å². The van der Waals surface area contributed by atoms with Gasteiger partial charge in [0.25, 0.3) is 5.91 Å². The van der Waals surface area contributed by atoms with Crippen LogP contribution in [0.4, 0.5) is 0 Å². The summed E-state index contributed by atoms with van der Waals surface area (Å²) in [6, 6.07) is 3.91. The molecule has 2 aromatic rings. The lowest BCUT2D eigenvalue weighted by Crippen LogP contribution is -2.40. The third-order valence-corrected chi connectivity index (χ3v) is 5.61. The van der Waals surface area contributed by atoms with Gasteiger partial charge in [0, 0.05) is 6.54 Å². The van der Waals surface area contributed by atoms with E-state index in [4.69, 9.17) is 4.42 Å². The van der Waals surface area contributed by atoms with Crippen molar-refractivity contribution in [2.75, 3.05) is 19.6 Å². The lowest BCUT2D eigenvalue weighted by atomic mass is 9.99. The van der Waals surface area contributed by atoms with Gasteiger partial charge in [-0.3, -0.25) is 9.69 Å². The van der Waals surface area contributed by atoms with E-state index in [1.165, 1.54) is 12.8 Å². The van der Waals surface area contributed by atoms with Gasteiger partial charge in [-0.05, 0) is 57.8 Å². The van der Waals surface area contributed by atoms with Crippen molar-refractivity contribution in [2.24, 2.45) is 5.92 Å². The first kappa shape index (κ1) is 17.3. The van der Waals surface area contributed by atoms with Crippen molar-refractivity contribution >= 4 is 5.91 Å². The number of fused-ring (bicyclic) bond motifs is 1. The highest BCUT2D eigenvalue weighted by Gasteiger charge is 2.30. The molecule has 0 radical (unpaired) electrons. The molecular weight excluding hydrogens is 330 g/mol. The molecule has 0 N–H and O–H groups in total. The Morgan fingerprint density at radius 3 is 2.77 bits per heavy atom. The number of aromatic nitrogens is 3. The molecule has 2 aromatic heterocycles. The van der Waals surface area contributed by atoms with E-state index in [1.807, 2.05) is 13.0 Å². The van der Waals surface area contributed by atoms with Gasteiger partial charge in [0.2, 0.25) is 0 Å². The summed E-state index contributed by atoms with van der Waals surface area (Å²) in [6.45, 7) is 10.4. The fourth-order valence-corrected chi connectivity index (χ4v) is 4.06. The van der Waals surface area contributed by atoms with E-state index in [0.29, 0.717) is 18.8 Å². The maximum atomic E-state index is 12.9. The first-order valence-electron chi connectivity index (χ1n) is 9.52. The number of carbonyl (C=O) groups is 1. The summed E-state index contributed by atoms with van der Waals surface area (Å²) in [5, 5.41) is 8.34. The van der Waals surface area contributed by atoms with Gasteiger partial charge in [0.15, 0.2) is 11.6 Å². The van der Waals surface area contributed by atoms with Gasteiger partial charge in [0.1, 0.15) is 11.6 Å². The third kappa shape index (κ3) is 3.28. The fraction of sp³-hybridized carbons (Fsp3) is 0.632. The van der Waals surface area contributed by atoms with Gasteiger partial charge in [-0.2, -0.15) is 0 Å². The summed E-state index contributed by atoms with van der Waals surface area (Å²) in [5.74, 6) is 3.77. The van der Waals surface area contributed by atoms with Crippen LogP contribution < -0.4 is 0 Å². The molecule has 4 heterocycles. The van der Waals surface area contributed by atoms with Crippen LogP contribution in [0.2, 0.25) is 0 Å². The number of piperidine rings is 1. The number of amides is 1. The average molecular weight is 357 g/mol. The number of furan rings is 1. The van der Waals surface area contributed by atoms with Crippen molar-refractivity contribution in [1.29, 1.82) is 0 Å². The van der Waals surface area contributed by atoms with Gasteiger partial charge >= 0.3 is 0 Å².